The van der Waals surface area contributed by atoms with E-state index in [9.17, 15) is 9.90 Å². The number of imidazole rings is 1. The molecule has 0 amide bonds. The van der Waals surface area contributed by atoms with Crippen molar-refractivity contribution in [3.63, 3.8) is 0 Å². The molecule has 3 heterocycles. The van der Waals surface area contributed by atoms with Crippen molar-refractivity contribution in [3.8, 4) is 29.5 Å². The number of nitriles is 1. The molecule has 1 fully saturated rings. The number of nitrogens with zero attached hydrogens (tertiary/aromatic N) is 6. The minimum Gasteiger partial charge on any atom is -0.493 e. The van der Waals surface area contributed by atoms with E-state index in [1.165, 1.54) is 23.9 Å². The van der Waals surface area contributed by atoms with E-state index >= 15 is 0 Å². The summed E-state index contributed by atoms with van der Waals surface area (Å²) in [5.41, 5.74) is 1.14. The van der Waals surface area contributed by atoms with E-state index in [1.807, 2.05) is 0 Å². The van der Waals surface area contributed by atoms with Gasteiger partial charge >= 0.3 is 11.7 Å². The molecular formula is C21H18N8O4. The molecule has 3 aromatic heterocycles. The minimum absolute atomic E-state index is 0.0233. The summed E-state index contributed by atoms with van der Waals surface area (Å²) in [7, 11) is 1.50. The first kappa shape index (κ1) is 20.3. The number of hydrogen-bond acceptors (Lipinski definition) is 9. The van der Waals surface area contributed by atoms with E-state index < -0.39 is 5.69 Å². The Morgan fingerprint density at radius 1 is 1.33 bits per heavy atom. The molecule has 0 unspecified atom stereocenters. The molecule has 0 saturated heterocycles. The highest BCUT2D eigenvalue weighted by Gasteiger charge is 2.21. The van der Waals surface area contributed by atoms with Crippen LogP contribution in [0.3, 0.4) is 0 Å². The van der Waals surface area contributed by atoms with Crippen molar-refractivity contribution in [2.24, 2.45) is 4.99 Å². The highest BCUT2D eigenvalue weighted by atomic mass is 16.5. The number of fused-ring (bicyclic) bond motifs is 1. The van der Waals surface area contributed by atoms with Gasteiger partial charge in [0.25, 0.3) is 5.62 Å². The maximum Gasteiger partial charge on any atom is 0.327 e. The lowest BCUT2D eigenvalue weighted by molar-refractivity contribution is 0.366. The monoisotopic (exact) mass is 446 g/mol. The van der Waals surface area contributed by atoms with Gasteiger partial charge in [-0.1, -0.05) is 6.07 Å². The highest BCUT2D eigenvalue weighted by molar-refractivity contribution is 5.56. The van der Waals surface area contributed by atoms with Gasteiger partial charge in [0.05, 0.1) is 31.8 Å². The van der Waals surface area contributed by atoms with Gasteiger partial charge in [0, 0.05) is 5.22 Å². The molecule has 0 atom stereocenters. The number of nitrogens with one attached hydrogen (secondary N) is 2. The van der Waals surface area contributed by atoms with Gasteiger partial charge in [0.2, 0.25) is 5.88 Å². The molecule has 4 aromatic rings. The number of methoxy groups -OCH3 is 1. The molecule has 0 aliphatic heterocycles. The maximum absolute atomic E-state index is 11.5. The zero-order valence-electron chi connectivity index (χ0n) is 17.4. The first-order valence-electron chi connectivity index (χ1n) is 10.1. The second-order valence-electron chi connectivity index (χ2n) is 7.41. The van der Waals surface area contributed by atoms with Crippen molar-refractivity contribution >= 4 is 11.7 Å². The van der Waals surface area contributed by atoms with E-state index in [1.54, 1.807) is 18.2 Å². The lowest BCUT2D eigenvalue weighted by atomic mass is 10.1. The zero-order valence-corrected chi connectivity index (χ0v) is 17.4. The van der Waals surface area contributed by atoms with Crippen LogP contribution in [-0.2, 0) is 6.42 Å². The molecule has 3 N–H and O–H groups in total. The predicted molar refractivity (Wildman–Crippen MR) is 114 cm³/mol. The Kier molecular flexibility index (Phi) is 4.98. The van der Waals surface area contributed by atoms with Crippen LogP contribution in [0.25, 0.3) is 11.7 Å². The fourth-order valence-electron chi connectivity index (χ4n) is 3.20. The SMILES string of the molecule is COc1cc(CC#N)ccc1Oc1nc(=NC2CC2)n2nc/c(=C/c3[nH]c(=O)[nH]c3O)c2n1. The number of aromatic amines is 2. The van der Waals surface area contributed by atoms with Gasteiger partial charge in [-0.05, 0) is 36.6 Å². The molecule has 12 nitrogen and oxygen atoms in total. The molecule has 5 rings (SSSR count). The van der Waals surface area contributed by atoms with Gasteiger partial charge in [-0.25, -0.2) is 9.79 Å². The third-order valence-corrected chi connectivity index (χ3v) is 4.95. The minimum atomic E-state index is -0.537. The molecule has 1 saturated carbocycles. The van der Waals surface area contributed by atoms with Gasteiger partial charge in [-0.15, -0.1) is 0 Å². The molecule has 1 aliphatic rings. The molecule has 166 valence electrons. The van der Waals surface area contributed by atoms with Gasteiger partial charge in [-0.2, -0.15) is 24.8 Å². The van der Waals surface area contributed by atoms with Gasteiger partial charge in [0.1, 0.15) is 5.69 Å². The Morgan fingerprint density at radius 2 is 2.18 bits per heavy atom. The molecule has 1 aromatic carbocycles. The number of hydrogen-bond donors (Lipinski definition) is 3. The summed E-state index contributed by atoms with van der Waals surface area (Å²) in [5.74, 6) is 0.510. The van der Waals surface area contributed by atoms with Gasteiger partial charge < -0.3 is 19.6 Å². The number of ether oxygens (including phenoxy) is 2. The van der Waals surface area contributed by atoms with Crippen LogP contribution in [0.15, 0.2) is 34.2 Å². The van der Waals surface area contributed by atoms with E-state index in [4.69, 9.17) is 14.7 Å². The summed E-state index contributed by atoms with van der Waals surface area (Å²) in [4.78, 5) is 29.7. The third kappa shape index (κ3) is 4.11. The molecule has 0 spiro atoms. The fraction of sp³-hybridized carbons (Fsp3) is 0.238. The Bertz CT molecular complexity index is 1570. The standard InChI is InChI=1S/C21H18N8O4/c1-32-16-8-11(6-7-22)2-5-15(16)33-21-26-17-12(9-14-18(30)27-20(31)25-14)10-23-29(17)19(28-21)24-13-3-4-13/h2,5,8-10,13,30H,3-4,6H2,1H3,(H2,25,27,31)/b12-9-,24-19?. The van der Waals surface area contributed by atoms with E-state index in [0.717, 1.165) is 18.4 Å². The van der Waals surface area contributed by atoms with E-state index in [2.05, 4.69) is 36.1 Å². The second-order valence-corrected chi connectivity index (χ2v) is 7.41. The summed E-state index contributed by atoms with van der Waals surface area (Å²) in [6, 6.07) is 7.45. The summed E-state index contributed by atoms with van der Waals surface area (Å²) < 4.78 is 12.8. The Hall–Kier alpha value is -4.66. The molecule has 33 heavy (non-hydrogen) atoms. The first-order valence-corrected chi connectivity index (χ1v) is 10.1. The van der Waals surface area contributed by atoms with E-state index in [0.29, 0.717) is 28.0 Å². The third-order valence-electron chi connectivity index (χ3n) is 4.95. The molecule has 0 radical (unpaired) electrons. The maximum atomic E-state index is 11.5. The smallest absolute Gasteiger partial charge is 0.327 e. The van der Waals surface area contributed by atoms with Gasteiger partial charge in [-0.3, -0.25) is 4.98 Å². The second kappa shape index (κ2) is 8.12. The molecular weight excluding hydrogens is 428 g/mol. The fourth-order valence-corrected chi connectivity index (χ4v) is 3.20. The topological polar surface area (TPSA) is 167 Å². The van der Waals surface area contributed by atoms with Crippen molar-refractivity contribution in [1.82, 2.24) is 29.5 Å². The number of benzene rings is 1. The summed E-state index contributed by atoms with van der Waals surface area (Å²) in [6.07, 6.45) is 5.24. The Balaban J connectivity index is 1.64. The average molecular weight is 446 g/mol. The van der Waals surface area contributed by atoms with Crippen LogP contribution in [0.4, 0.5) is 0 Å². The van der Waals surface area contributed by atoms with E-state index in [-0.39, 0.29) is 30.0 Å². The number of aromatic nitrogens is 6. The van der Waals surface area contributed by atoms with Crippen molar-refractivity contribution in [2.45, 2.75) is 25.3 Å². The van der Waals surface area contributed by atoms with Crippen LogP contribution in [0.2, 0.25) is 0 Å². The van der Waals surface area contributed by atoms with Crippen molar-refractivity contribution in [3.05, 3.63) is 57.0 Å². The van der Waals surface area contributed by atoms with Crippen molar-refractivity contribution in [2.75, 3.05) is 7.11 Å². The summed E-state index contributed by atoms with van der Waals surface area (Å²) >= 11 is 0. The lowest BCUT2D eigenvalue weighted by Gasteiger charge is -2.10. The predicted octanol–water partition coefficient (Wildman–Crippen LogP) is 0.324. The van der Waals surface area contributed by atoms with Crippen LogP contribution in [0.1, 0.15) is 24.1 Å². The number of aromatic hydroxyl groups is 1. The molecule has 0 bridgehead atoms. The molecule has 12 heteroatoms. The molecule has 1 aliphatic carbocycles. The van der Waals surface area contributed by atoms with Crippen LogP contribution in [-0.4, -0.2) is 47.8 Å². The van der Waals surface area contributed by atoms with Crippen molar-refractivity contribution in [1.29, 1.82) is 5.26 Å². The van der Waals surface area contributed by atoms with Crippen LogP contribution in [0.5, 0.6) is 23.4 Å². The highest BCUT2D eigenvalue weighted by Crippen LogP contribution is 2.31. The van der Waals surface area contributed by atoms with Gasteiger partial charge in [0.15, 0.2) is 17.1 Å². The largest absolute Gasteiger partial charge is 0.493 e. The van der Waals surface area contributed by atoms with Crippen LogP contribution in [0, 0.1) is 11.3 Å². The Labute approximate surface area is 185 Å². The van der Waals surface area contributed by atoms with Crippen LogP contribution >= 0.6 is 0 Å². The lowest BCUT2D eigenvalue weighted by Crippen LogP contribution is -2.23. The number of rotatable bonds is 6. The average Bonchev–Trinajstić information content (AvgIpc) is 3.43. The zero-order chi connectivity index (χ0) is 22.9. The Morgan fingerprint density at radius 3 is 2.88 bits per heavy atom. The summed E-state index contributed by atoms with van der Waals surface area (Å²) in [6.45, 7) is 0. The quantitative estimate of drug-likeness (QED) is 0.381. The number of H-pyrrole nitrogens is 2. The first-order chi connectivity index (χ1) is 16.0. The van der Waals surface area contributed by atoms with Crippen LogP contribution < -0.4 is 26.0 Å². The summed E-state index contributed by atoms with van der Waals surface area (Å²) in [5, 5.41) is 23.6. The van der Waals surface area contributed by atoms with Crippen molar-refractivity contribution < 1.29 is 14.6 Å². The normalized spacial score (nSPS) is 14.5.